The molecule has 1 aromatic heterocycles. The monoisotopic (exact) mass is 316 g/mol. The van der Waals surface area contributed by atoms with Gasteiger partial charge in [-0.25, -0.2) is 4.79 Å². The average molecular weight is 316 g/mol. The Kier molecular flexibility index (Phi) is 4.54. The lowest BCUT2D eigenvalue weighted by Crippen LogP contribution is -2.26. The largest absolute Gasteiger partial charge is 0.478 e. The molecule has 0 bridgehead atoms. The maximum atomic E-state index is 11.8. The summed E-state index contributed by atoms with van der Waals surface area (Å²) in [6, 6.07) is 5.08. The molecule has 122 valence electrons. The predicted octanol–water partition coefficient (Wildman–Crippen LogP) is 2.90. The van der Waals surface area contributed by atoms with Crippen molar-refractivity contribution in [2.75, 3.05) is 0 Å². The minimum Gasteiger partial charge on any atom is -0.478 e. The van der Waals surface area contributed by atoms with Gasteiger partial charge in [-0.05, 0) is 44.9 Å². The van der Waals surface area contributed by atoms with Crippen LogP contribution in [-0.2, 0) is 16.1 Å². The first-order chi connectivity index (χ1) is 10.7. The molecule has 2 rings (SSSR count). The maximum Gasteiger partial charge on any atom is 0.335 e. The van der Waals surface area contributed by atoms with Crippen molar-refractivity contribution in [3.63, 3.8) is 0 Å². The molecule has 0 radical (unpaired) electrons. The van der Waals surface area contributed by atoms with Gasteiger partial charge in [-0.3, -0.25) is 9.48 Å². The van der Waals surface area contributed by atoms with Crippen LogP contribution in [0.25, 0.3) is 11.1 Å². The highest BCUT2D eigenvalue weighted by Gasteiger charge is 2.17. The van der Waals surface area contributed by atoms with E-state index >= 15 is 0 Å². The highest BCUT2D eigenvalue weighted by Crippen LogP contribution is 2.25. The first-order valence-electron chi connectivity index (χ1n) is 7.25. The fourth-order valence-electron chi connectivity index (χ4n) is 2.28. The van der Waals surface area contributed by atoms with Crippen LogP contribution in [0.1, 0.15) is 36.7 Å². The molecule has 23 heavy (non-hydrogen) atoms. The van der Waals surface area contributed by atoms with Crippen LogP contribution in [-0.4, -0.2) is 32.4 Å². The number of carboxylic acids is 1. The van der Waals surface area contributed by atoms with Crippen LogP contribution < -0.4 is 0 Å². The quantitative estimate of drug-likeness (QED) is 0.877. The molecule has 6 nitrogen and oxygen atoms in total. The number of hydrogen-bond acceptors (Lipinski definition) is 4. The topological polar surface area (TPSA) is 81.4 Å². The Hall–Kier alpha value is -2.63. The SMILES string of the molecule is Cc1c(C(=O)O)cccc1-c1cnn(CC(=O)OC(C)(C)C)c1. The summed E-state index contributed by atoms with van der Waals surface area (Å²) in [7, 11) is 0. The average Bonchev–Trinajstić information content (AvgIpc) is 2.84. The number of ether oxygens (including phenoxy) is 1. The fourth-order valence-corrected chi connectivity index (χ4v) is 2.28. The first-order valence-corrected chi connectivity index (χ1v) is 7.25. The molecule has 0 aliphatic carbocycles. The molecular weight excluding hydrogens is 296 g/mol. The lowest BCUT2D eigenvalue weighted by molar-refractivity contribution is -0.155. The van der Waals surface area contributed by atoms with E-state index in [0.29, 0.717) is 5.56 Å². The molecule has 0 saturated carbocycles. The van der Waals surface area contributed by atoms with E-state index < -0.39 is 11.6 Å². The van der Waals surface area contributed by atoms with E-state index in [-0.39, 0.29) is 18.1 Å². The summed E-state index contributed by atoms with van der Waals surface area (Å²) in [5, 5.41) is 13.3. The summed E-state index contributed by atoms with van der Waals surface area (Å²) in [5.74, 6) is -1.34. The molecule has 1 N–H and O–H groups in total. The molecule has 0 saturated heterocycles. The number of aromatic nitrogens is 2. The number of carbonyl (C=O) groups is 2. The van der Waals surface area contributed by atoms with Crippen LogP contribution in [0, 0.1) is 6.92 Å². The second kappa shape index (κ2) is 6.24. The number of benzene rings is 1. The van der Waals surface area contributed by atoms with Gasteiger partial charge in [-0.1, -0.05) is 12.1 Å². The maximum absolute atomic E-state index is 11.8. The highest BCUT2D eigenvalue weighted by atomic mass is 16.6. The fraction of sp³-hybridized carbons (Fsp3) is 0.353. The van der Waals surface area contributed by atoms with Crippen LogP contribution in [0.3, 0.4) is 0 Å². The van der Waals surface area contributed by atoms with Crippen molar-refractivity contribution in [1.29, 1.82) is 0 Å². The van der Waals surface area contributed by atoms with Gasteiger partial charge in [-0.15, -0.1) is 0 Å². The number of aromatic carboxylic acids is 1. The van der Waals surface area contributed by atoms with Crippen LogP contribution in [0.2, 0.25) is 0 Å². The van der Waals surface area contributed by atoms with Gasteiger partial charge < -0.3 is 9.84 Å². The van der Waals surface area contributed by atoms with Crippen LogP contribution >= 0.6 is 0 Å². The van der Waals surface area contributed by atoms with E-state index in [1.807, 2.05) is 6.07 Å². The molecular formula is C17H20N2O4. The normalized spacial score (nSPS) is 11.3. The number of hydrogen-bond donors (Lipinski definition) is 1. The summed E-state index contributed by atoms with van der Waals surface area (Å²) in [6.45, 7) is 7.18. The third kappa shape index (κ3) is 4.18. The Morgan fingerprint density at radius 3 is 2.61 bits per heavy atom. The number of carbonyl (C=O) groups excluding carboxylic acids is 1. The van der Waals surface area contributed by atoms with E-state index in [9.17, 15) is 14.7 Å². The van der Waals surface area contributed by atoms with E-state index in [0.717, 1.165) is 11.1 Å². The number of rotatable bonds is 4. The molecule has 6 heteroatoms. The van der Waals surface area contributed by atoms with Crippen molar-refractivity contribution >= 4 is 11.9 Å². The summed E-state index contributed by atoms with van der Waals surface area (Å²) >= 11 is 0. The van der Waals surface area contributed by atoms with E-state index in [1.165, 1.54) is 4.68 Å². The van der Waals surface area contributed by atoms with Crippen LogP contribution in [0.5, 0.6) is 0 Å². The van der Waals surface area contributed by atoms with Crippen molar-refractivity contribution < 1.29 is 19.4 Å². The second-order valence-electron chi connectivity index (χ2n) is 6.30. The second-order valence-corrected chi connectivity index (χ2v) is 6.30. The van der Waals surface area contributed by atoms with Gasteiger partial charge in [-0.2, -0.15) is 5.10 Å². The summed E-state index contributed by atoms with van der Waals surface area (Å²) in [4.78, 5) is 23.0. The molecule has 1 heterocycles. The smallest absolute Gasteiger partial charge is 0.335 e. The van der Waals surface area contributed by atoms with Crippen molar-refractivity contribution in [2.24, 2.45) is 0 Å². The van der Waals surface area contributed by atoms with Gasteiger partial charge in [0.25, 0.3) is 0 Å². The Labute approximate surface area is 134 Å². The van der Waals surface area contributed by atoms with Crippen molar-refractivity contribution in [1.82, 2.24) is 9.78 Å². The van der Waals surface area contributed by atoms with Crippen molar-refractivity contribution in [2.45, 2.75) is 39.8 Å². The predicted molar refractivity (Wildman–Crippen MR) is 85.2 cm³/mol. The molecule has 0 amide bonds. The zero-order valence-electron chi connectivity index (χ0n) is 13.7. The first kappa shape index (κ1) is 16.7. The van der Waals surface area contributed by atoms with Gasteiger partial charge in [0.1, 0.15) is 12.1 Å². The molecule has 0 aliphatic rings. The molecule has 0 atom stereocenters. The van der Waals surface area contributed by atoms with E-state index in [1.54, 1.807) is 52.2 Å². The summed E-state index contributed by atoms with van der Waals surface area (Å²) in [5.41, 5.74) is 1.91. The molecule has 0 fully saturated rings. The Morgan fingerprint density at radius 2 is 2.00 bits per heavy atom. The van der Waals surface area contributed by atoms with Gasteiger partial charge in [0.15, 0.2) is 0 Å². The number of nitrogens with zero attached hydrogens (tertiary/aromatic N) is 2. The minimum absolute atomic E-state index is 0.00887. The van der Waals surface area contributed by atoms with Crippen molar-refractivity contribution in [3.05, 3.63) is 41.7 Å². The van der Waals surface area contributed by atoms with Gasteiger partial charge in [0, 0.05) is 11.8 Å². The lowest BCUT2D eigenvalue weighted by Gasteiger charge is -2.19. The van der Waals surface area contributed by atoms with E-state index in [2.05, 4.69) is 5.10 Å². The summed E-state index contributed by atoms with van der Waals surface area (Å²) < 4.78 is 6.74. The standard InChI is InChI=1S/C17H20N2O4/c1-11-13(6-5-7-14(11)16(21)22)12-8-18-19(9-12)10-15(20)23-17(2,3)4/h5-9H,10H2,1-4H3,(H,21,22). The van der Waals surface area contributed by atoms with Crippen LogP contribution in [0.15, 0.2) is 30.6 Å². The molecule has 0 aliphatic heterocycles. The zero-order valence-corrected chi connectivity index (χ0v) is 13.7. The molecule has 0 unspecified atom stereocenters. The number of esters is 1. The van der Waals surface area contributed by atoms with Gasteiger partial charge in [0.2, 0.25) is 0 Å². The van der Waals surface area contributed by atoms with Crippen LogP contribution in [0.4, 0.5) is 0 Å². The number of carboxylic acid groups (broad SMARTS) is 1. The minimum atomic E-state index is -0.967. The lowest BCUT2D eigenvalue weighted by atomic mass is 9.99. The third-order valence-electron chi connectivity index (χ3n) is 3.22. The Bertz CT molecular complexity index is 741. The Morgan fingerprint density at radius 1 is 1.30 bits per heavy atom. The van der Waals surface area contributed by atoms with Crippen molar-refractivity contribution in [3.8, 4) is 11.1 Å². The summed E-state index contributed by atoms with van der Waals surface area (Å²) in [6.07, 6.45) is 3.32. The molecule has 1 aromatic carbocycles. The van der Waals surface area contributed by atoms with Gasteiger partial charge in [0.05, 0.1) is 11.8 Å². The molecule has 0 spiro atoms. The zero-order chi connectivity index (χ0) is 17.2. The third-order valence-corrected chi connectivity index (χ3v) is 3.22. The Balaban J connectivity index is 2.22. The van der Waals surface area contributed by atoms with Gasteiger partial charge >= 0.3 is 11.9 Å². The van der Waals surface area contributed by atoms with E-state index in [4.69, 9.17) is 4.74 Å². The molecule has 2 aromatic rings. The highest BCUT2D eigenvalue weighted by molar-refractivity contribution is 5.91.